The molecule has 1 unspecified atom stereocenters. The third-order valence-corrected chi connectivity index (χ3v) is 4.08. The normalized spacial score (nSPS) is 12.8. The Morgan fingerprint density at radius 3 is 2.53 bits per heavy atom. The van der Waals surface area contributed by atoms with Crippen LogP contribution in [0.4, 0.5) is 0 Å². The zero-order valence-electron chi connectivity index (χ0n) is 9.30. The summed E-state index contributed by atoms with van der Waals surface area (Å²) in [4.78, 5) is 0. The third-order valence-electron chi connectivity index (χ3n) is 2.53. The van der Waals surface area contributed by atoms with Crippen molar-refractivity contribution in [3.05, 3.63) is 32.2 Å². The van der Waals surface area contributed by atoms with Crippen molar-refractivity contribution >= 4 is 39.1 Å². The number of aliphatic hydroxyl groups excluding tert-OH is 2. The summed E-state index contributed by atoms with van der Waals surface area (Å²) in [6.45, 7) is -0.176. The van der Waals surface area contributed by atoms with Crippen molar-refractivity contribution in [2.75, 3.05) is 6.61 Å². The molecule has 0 heterocycles. The van der Waals surface area contributed by atoms with Crippen LogP contribution in [0.3, 0.4) is 0 Å². The maximum absolute atomic E-state index is 9.19. The van der Waals surface area contributed by atoms with Gasteiger partial charge in [-0.05, 0) is 52.9 Å². The van der Waals surface area contributed by atoms with Crippen LogP contribution in [0.25, 0.3) is 0 Å². The second-order valence-corrected chi connectivity index (χ2v) is 5.61. The van der Waals surface area contributed by atoms with Crippen LogP contribution in [0.15, 0.2) is 16.6 Å². The van der Waals surface area contributed by atoms with Gasteiger partial charge in [0.25, 0.3) is 0 Å². The molecular formula is C12H15BrCl2O2. The second-order valence-electron chi connectivity index (χ2n) is 3.94. The molecule has 1 rings (SSSR count). The van der Waals surface area contributed by atoms with Gasteiger partial charge in [0.15, 0.2) is 0 Å². The number of hydrogen-bond donors (Lipinski definition) is 2. The molecule has 0 amide bonds. The average molecular weight is 342 g/mol. The predicted octanol–water partition coefficient (Wildman–Crippen LogP) is 3.82. The smallest absolute Gasteiger partial charge is 0.0770 e. The van der Waals surface area contributed by atoms with Crippen molar-refractivity contribution in [3.8, 4) is 0 Å². The molecule has 0 aliphatic rings. The molecule has 96 valence electrons. The highest BCUT2D eigenvalue weighted by atomic mass is 79.9. The molecule has 0 fully saturated rings. The molecule has 17 heavy (non-hydrogen) atoms. The summed E-state index contributed by atoms with van der Waals surface area (Å²) in [5, 5.41) is 19.2. The van der Waals surface area contributed by atoms with E-state index in [1.807, 2.05) is 6.07 Å². The first-order valence-corrected chi connectivity index (χ1v) is 7.02. The van der Waals surface area contributed by atoms with Gasteiger partial charge in [-0.15, -0.1) is 0 Å². The highest BCUT2D eigenvalue weighted by molar-refractivity contribution is 9.10. The van der Waals surface area contributed by atoms with Gasteiger partial charge >= 0.3 is 0 Å². The van der Waals surface area contributed by atoms with E-state index in [1.54, 1.807) is 6.07 Å². The van der Waals surface area contributed by atoms with Gasteiger partial charge < -0.3 is 10.2 Å². The van der Waals surface area contributed by atoms with Gasteiger partial charge in [-0.1, -0.05) is 29.6 Å². The fourth-order valence-corrected chi connectivity index (χ4v) is 2.46. The summed E-state index contributed by atoms with van der Waals surface area (Å²) in [5.74, 6) is 0. The largest absolute Gasteiger partial charge is 0.394 e. The number of benzene rings is 1. The quantitative estimate of drug-likeness (QED) is 0.610. The van der Waals surface area contributed by atoms with Crippen molar-refractivity contribution < 1.29 is 10.2 Å². The molecule has 5 heteroatoms. The highest BCUT2D eigenvalue weighted by Crippen LogP contribution is 2.30. The molecule has 1 aromatic carbocycles. The molecule has 2 nitrogen and oxygen atoms in total. The maximum Gasteiger partial charge on any atom is 0.0770 e. The van der Waals surface area contributed by atoms with Crippen molar-refractivity contribution in [1.29, 1.82) is 0 Å². The molecule has 0 aliphatic carbocycles. The van der Waals surface area contributed by atoms with Gasteiger partial charge in [-0.3, -0.25) is 0 Å². The first-order chi connectivity index (χ1) is 8.04. The van der Waals surface area contributed by atoms with E-state index >= 15 is 0 Å². The van der Waals surface area contributed by atoms with E-state index in [0.717, 1.165) is 29.3 Å². The Balaban J connectivity index is 2.44. The molecule has 1 aromatic rings. The highest BCUT2D eigenvalue weighted by Gasteiger charge is 2.06. The molecule has 1 atom stereocenters. The standard InChI is InChI=1S/C12H15BrCl2O2/c13-10-6-11(14)8(5-12(10)15)3-1-2-4-9(17)7-16/h5-6,9,16-17H,1-4,7H2. The van der Waals surface area contributed by atoms with Gasteiger partial charge in [-0.25, -0.2) is 0 Å². The van der Waals surface area contributed by atoms with Crippen LogP contribution in [0.2, 0.25) is 10.0 Å². The Morgan fingerprint density at radius 2 is 1.88 bits per heavy atom. The van der Waals surface area contributed by atoms with Crippen LogP contribution in [0.5, 0.6) is 0 Å². The minimum atomic E-state index is -0.612. The van der Waals surface area contributed by atoms with Crippen LogP contribution in [-0.4, -0.2) is 22.9 Å². The van der Waals surface area contributed by atoms with E-state index in [9.17, 15) is 5.11 Å². The lowest BCUT2D eigenvalue weighted by atomic mass is 10.1. The summed E-state index contributed by atoms with van der Waals surface area (Å²) in [7, 11) is 0. The number of aryl methyl sites for hydroxylation is 1. The summed E-state index contributed by atoms with van der Waals surface area (Å²) >= 11 is 15.4. The van der Waals surface area contributed by atoms with Gasteiger partial charge in [-0.2, -0.15) is 0 Å². The van der Waals surface area contributed by atoms with E-state index in [4.69, 9.17) is 28.3 Å². The van der Waals surface area contributed by atoms with Gasteiger partial charge in [0.2, 0.25) is 0 Å². The van der Waals surface area contributed by atoms with Gasteiger partial charge in [0, 0.05) is 9.50 Å². The van der Waals surface area contributed by atoms with Crippen molar-refractivity contribution in [1.82, 2.24) is 0 Å². The lowest BCUT2D eigenvalue weighted by Gasteiger charge is -2.08. The lowest BCUT2D eigenvalue weighted by molar-refractivity contribution is 0.0862. The number of rotatable bonds is 6. The zero-order valence-corrected chi connectivity index (χ0v) is 12.4. The van der Waals surface area contributed by atoms with E-state index in [0.29, 0.717) is 16.5 Å². The number of hydrogen-bond acceptors (Lipinski definition) is 2. The van der Waals surface area contributed by atoms with E-state index in [2.05, 4.69) is 15.9 Å². The Hall–Kier alpha value is 0.200. The molecular weight excluding hydrogens is 327 g/mol. The topological polar surface area (TPSA) is 40.5 Å². The Labute approximate surface area is 120 Å². The Morgan fingerprint density at radius 1 is 1.18 bits per heavy atom. The number of unbranched alkanes of at least 4 members (excludes halogenated alkanes) is 1. The molecule has 0 spiro atoms. The number of aliphatic hydroxyl groups is 2. The van der Waals surface area contributed by atoms with Gasteiger partial charge in [0.1, 0.15) is 0 Å². The van der Waals surface area contributed by atoms with Crippen LogP contribution in [0.1, 0.15) is 24.8 Å². The van der Waals surface area contributed by atoms with Crippen molar-refractivity contribution in [2.45, 2.75) is 31.8 Å². The number of halogens is 3. The summed E-state index contributed by atoms with van der Waals surface area (Å²) in [5.41, 5.74) is 1.01. The zero-order chi connectivity index (χ0) is 12.8. The molecule has 2 N–H and O–H groups in total. The molecule has 0 saturated carbocycles. The minimum absolute atomic E-state index is 0.176. The van der Waals surface area contributed by atoms with Gasteiger partial charge in [0.05, 0.1) is 17.7 Å². The Bertz CT molecular complexity index is 372. The predicted molar refractivity (Wildman–Crippen MR) is 74.8 cm³/mol. The molecule has 0 bridgehead atoms. The van der Waals surface area contributed by atoms with Crippen LogP contribution in [0, 0.1) is 0 Å². The van der Waals surface area contributed by atoms with Crippen molar-refractivity contribution in [2.24, 2.45) is 0 Å². The van der Waals surface area contributed by atoms with E-state index in [1.165, 1.54) is 0 Å². The van der Waals surface area contributed by atoms with Crippen molar-refractivity contribution in [3.63, 3.8) is 0 Å². The molecule has 0 aliphatic heterocycles. The monoisotopic (exact) mass is 340 g/mol. The van der Waals surface area contributed by atoms with Crippen LogP contribution in [-0.2, 0) is 6.42 Å². The minimum Gasteiger partial charge on any atom is -0.394 e. The average Bonchev–Trinajstić information content (AvgIpc) is 2.30. The van der Waals surface area contributed by atoms with E-state index in [-0.39, 0.29) is 6.61 Å². The SMILES string of the molecule is OCC(O)CCCCc1cc(Cl)c(Br)cc1Cl. The van der Waals surface area contributed by atoms with Crippen LogP contribution < -0.4 is 0 Å². The second kappa shape index (κ2) is 7.59. The fourth-order valence-electron chi connectivity index (χ4n) is 1.54. The van der Waals surface area contributed by atoms with Crippen LogP contribution >= 0.6 is 39.1 Å². The molecule has 0 saturated heterocycles. The first kappa shape index (κ1) is 15.3. The first-order valence-electron chi connectivity index (χ1n) is 5.47. The Kier molecular flexibility index (Phi) is 6.82. The maximum atomic E-state index is 9.19. The lowest BCUT2D eigenvalue weighted by Crippen LogP contribution is -2.11. The molecule has 0 radical (unpaired) electrons. The summed E-state index contributed by atoms with van der Waals surface area (Å²) < 4.78 is 0.795. The van der Waals surface area contributed by atoms with E-state index < -0.39 is 6.10 Å². The molecule has 0 aromatic heterocycles. The summed E-state index contributed by atoms with van der Waals surface area (Å²) in [6, 6.07) is 3.65. The fraction of sp³-hybridized carbons (Fsp3) is 0.500. The third kappa shape index (κ3) is 5.14. The summed E-state index contributed by atoms with van der Waals surface area (Å²) in [6.07, 6.45) is 2.59.